The highest BCUT2D eigenvalue weighted by atomic mass is 16.5. The Hall–Kier alpha value is -0.830. The van der Waals surface area contributed by atoms with Crippen LogP contribution < -0.4 is 5.32 Å². The van der Waals surface area contributed by atoms with E-state index in [-0.39, 0.29) is 0 Å². The Balaban J connectivity index is 2.88. The number of hydrogen-bond acceptors (Lipinski definition) is 3. The first-order valence-corrected chi connectivity index (χ1v) is 5.25. The Morgan fingerprint density at radius 2 is 2.00 bits per heavy atom. The van der Waals surface area contributed by atoms with Crippen LogP contribution in [-0.4, -0.2) is 11.2 Å². The highest BCUT2D eigenvalue weighted by Crippen LogP contribution is 2.24. The average molecular weight is 196 g/mol. The average Bonchev–Trinajstić information content (AvgIpc) is 2.43. The summed E-state index contributed by atoms with van der Waals surface area (Å²) in [6.45, 7) is 10.4. The topological polar surface area (TPSA) is 38.1 Å². The summed E-state index contributed by atoms with van der Waals surface area (Å²) < 4.78 is 5.17. The molecule has 1 atom stereocenters. The van der Waals surface area contributed by atoms with Gasteiger partial charge in [-0.1, -0.05) is 25.9 Å². The van der Waals surface area contributed by atoms with Crippen LogP contribution in [0.3, 0.4) is 0 Å². The van der Waals surface area contributed by atoms with Crippen molar-refractivity contribution < 1.29 is 4.52 Å². The number of rotatable bonds is 4. The van der Waals surface area contributed by atoms with Gasteiger partial charge in [0.05, 0.1) is 5.69 Å². The van der Waals surface area contributed by atoms with Crippen molar-refractivity contribution in [2.75, 3.05) is 0 Å². The summed E-state index contributed by atoms with van der Waals surface area (Å²) in [6.07, 6.45) is 1.06. The minimum atomic E-state index is 0.362. The number of nitrogens with one attached hydrogen (secondary N) is 1. The molecule has 0 saturated carbocycles. The van der Waals surface area contributed by atoms with Gasteiger partial charge in [0.25, 0.3) is 0 Å². The van der Waals surface area contributed by atoms with E-state index in [9.17, 15) is 0 Å². The molecule has 3 heteroatoms. The largest absolute Gasteiger partial charge is 0.361 e. The van der Waals surface area contributed by atoms with Gasteiger partial charge in [-0.25, -0.2) is 0 Å². The lowest BCUT2D eigenvalue weighted by atomic mass is 10.0. The normalized spacial score (nSPS) is 13.6. The third-order valence-electron chi connectivity index (χ3n) is 2.38. The Labute approximate surface area is 85.9 Å². The lowest BCUT2D eigenvalue weighted by Crippen LogP contribution is -2.28. The van der Waals surface area contributed by atoms with Gasteiger partial charge < -0.3 is 9.84 Å². The Morgan fingerprint density at radius 1 is 1.36 bits per heavy atom. The zero-order valence-corrected chi connectivity index (χ0v) is 9.72. The van der Waals surface area contributed by atoms with Crippen molar-refractivity contribution in [1.82, 2.24) is 10.5 Å². The van der Waals surface area contributed by atoms with E-state index in [1.807, 2.05) is 13.8 Å². The van der Waals surface area contributed by atoms with Crippen molar-refractivity contribution in [3.63, 3.8) is 0 Å². The predicted molar refractivity (Wildman–Crippen MR) is 57.3 cm³/mol. The summed E-state index contributed by atoms with van der Waals surface area (Å²) in [4.78, 5) is 0. The number of nitrogens with zero attached hydrogens (tertiary/aromatic N) is 1. The summed E-state index contributed by atoms with van der Waals surface area (Å²) in [6, 6.07) is 0.842. The van der Waals surface area contributed by atoms with Gasteiger partial charge in [-0.3, -0.25) is 0 Å². The highest BCUT2D eigenvalue weighted by molar-refractivity contribution is 5.24. The molecule has 0 spiro atoms. The summed E-state index contributed by atoms with van der Waals surface area (Å²) in [5, 5.41) is 7.49. The molecule has 0 aromatic carbocycles. The van der Waals surface area contributed by atoms with Crippen LogP contribution in [0.4, 0.5) is 0 Å². The summed E-state index contributed by atoms with van der Waals surface area (Å²) in [7, 11) is 0. The van der Waals surface area contributed by atoms with Crippen molar-refractivity contribution in [1.29, 1.82) is 0 Å². The molecule has 0 aliphatic heterocycles. The lowest BCUT2D eigenvalue weighted by molar-refractivity contribution is 0.388. The van der Waals surface area contributed by atoms with Gasteiger partial charge in [0, 0.05) is 17.6 Å². The van der Waals surface area contributed by atoms with Crippen molar-refractivity contribution in [2.45, 2.75) is 53.1 Å². The van der Waals surface area contributed by atoms with Crippen molar-refractivity contribution in [3.05, 3.63) is 17.0 Å². The summed E-state index contributed by atoms with van der Waals surface area (Å²) >= 11 is 0. The number of aromatic nitrogens is 1. The molecule has 3 nitrogen and oxygen atoms in total. The van der Waals surface area contributed by atoms with Crippen LogP contribution in [0.2, 0.25) is 0 Å². The monoisotopic (exact) mass is 196 g/mol. The lowest BCUT2D eigenvalue weighted by Gasteiger charge is -2.19. The number of aryl methyl sites for hydroxylation is 2. The molecule has 0 aliphatic rings. The van der Waals surface area contributed by atoms with Gasteiger partial charge in [0.15, 0.2) is 0 Å². The van der Waals surface area contributed by atoms with Crippen LogP contribution in [0, 0.1) is 13.8 Å². The van der Waals surface area contributed by atoms with Gasteiger partial charge in [0.1, 0.15) is 5.76 Å². The van der Waals surface area contributed by atoms with Gasteiger partial charge in [-0.05, 0) is 20.3 Å². The molecule has 1 unspecified atom stereocenters. The fraction of sp³-hybridized carbons (Fsp3) is 0.727. The first kappa shape index (κ1) is 11.2. The minimum absolute atomic E-state index is 0.362. The van der Waals surface area contributed by atoms with Gasteiger partial charge in [-0.2, -0.15) is 0 Å². The van der Waals surface area contributed by atoms with Crippen molar-refractivity contribution >= 4 is 0 Å². The molecule has 1 rings (SSSR count). The van der Waals surface area contributed by atoms with Crippen LogP contribution in [0.1, 0.15) is 50.3 Å². The van der Waals surface area contributed by atoms with Crippen molar-refractivity contribution in [3.8, 4) is 0 Å². The maximum Gasteiger partial charge on any atom is 0.138 e. The van der Waals surface area contributed by atoms with Crippen LogP contribution >= 0.6 is 0 Å². The second-order valence-electron chi connectivity index (χ2n) is 4.02. The van der Waals surface area contributed by atoms with E-state index in [0.29, 0.717) is 12.1 Å². The SMILES string of the molecule is CCC(NC(C)C)c1c(C)noc1C. The molecule has 1 N–H and O–H groups in total. The quantitative estimate of drug-likeness (QED) is 0.804. The molecule has 1 aromatic rings. The molecule has 1 aromatic heterocycles. The van der Waals surface area contributed by atoms with Crippen LogP contribution in [0.15, 0.2) is 4.52 Å². The first-order valence-electron chi connectivity index (χ1n) is 5.25. The summed E-state index contributed by atoms with van der Waals surface area (Å²) in [5.41, 5.74) is 2.23. The molecule has 0 fully saturated rings. The summed E-state index contributed by atoms with van der Waals surface area (Å²) in [5.74, 6) is 0.933. The van der Waals surface area contributed by atoms with Crippen LogP contribution in [-0.2, 0) is 0 Å². The Bertz CT molecular complexity index is 272. The smallest absolute Gasteiger partial charge is 0.138 e. The first-order chi connectivity index (χ1) is 6.56. The maximum absolute atomic E-state index is 5.17. The maximum atomic E-state index is 5.17. The van der Waals surface area contributed by atoms with E-state index in [2.05, 4.69) is 31.2 Å². The highest BCUT2D eigenvalue weighted by Gasteiger charge is 2.18. The molecule has 0 saturated heterocycles. The second kappa shape index (κ2) is 4.60. The molecule has 0 radical (unpaired) electrons. The zero-order chi connectivity index (χ0) is 10.7. The third-order valence-corrected chi connectivity index (χ3v) is 2.38. The molecule has 0 bridgehead atoms. The molecular weight excluding hydrogens is 176 g/mol. The van der Waals surface area contributed by atoms with E-state index >= 15 is 0 Å². The minimum Gasteiger partial charge on any atom is -0.361 e. The van der Waals surface area contributed by atoms with Gasteiger partial charge in [0.2, 0.25) is 0 Å². The zero-order valence-electron chi connectivity index (χ0n) is 9.72. The van der Waals surface area contributed by atoms with Crippen LogP contribution in [0.5, 0.6) is 0 Å². The fourth-order valence-electron chi connectivity index (χ4n) is 1.80. The van der Waals surface area contributed by atoms with Gasteiger partial charge >= 0.3 is 0 Å². The fourth-order valence-corrected chi connectivity index (χ4v) is 1.80. The molecule has 1 heterocycles. The number of hydrogen-bond donors (Lipinski definition) is 1. The third kappa shape index (κ3) is 2.35. The molecular formula is C11H20N2O. The molecule has 80 valence electrons. The predicted octanol–water partition coefficient (Wildman–Crippen LogP) is 2.74. The standard InChI is InChI=1S/C11H20N2O/c1-6-10(12-7(2)3)11-8(4)13-14-9(11)5/h7,10,12H,6H2,1-5H3. The van der Waals surface area contributed by atoms with E-state index in [1.165, 1.54) is 5.56 Å². The Kier molecular flexibility index (Phi) is 3.69. The van der Waals surface area contributed by atoms with Crippen LogP contribution in [0.25, 0.3) is 0 Å². The van der Waals surface area contributed by atoms with Gasteiger partial charge in [-0.15, -0.1) is 0 Å². The van der Waals surface area contributed by atoms with E-state index in [4.69, 9.17) is 4.52 Å². The van der Waals surface area contributed by atoms with E-state index in [0.717, 1.165) is 17.9 Å². The van der Waals surface area contributed by atoms with Crippen molar-refractivity contribution in [2.24, 2.45) is 0 Å². The second-order valence-corrected chi connectivity index (χ2v) is 4.02. The molecule has 14 heavy (non-hydrogen) atoms. The van der Waals surface area contributed by atoms with E-state index < -0.39 is 0 Å². The van der Waals surface area contributed by atoms with E-state index in [1.54, 1.807) is 0 Å². The molecule has 0 amide bonds. The Morgan fingerprint density at radius 3 is 2.36 bits per heavy atom. The molecule has 0 aliphatic carbocycles.